The zero-order valence-corrected chi connectivity index (χ0v) is 10.2. The molecule has 0 atom stereocenters. The van der Waals surface area contributed by atoms with Gasteiger partial charge < -0.3 is 4.90 Å². The smallest absolute Gasteiger partial charge is 0.236 e. The number of unbranched alkanes of at least 4 members (excludes halogenated alkanes) is 2. The second-order valence-corrected chi connectivity index (χ2v) is 4.36. The Morgan fingerprint density at radius 1 is 1.07 bits per heavy atom. The van der Waals surface area contributed by atoms with Gasteiger partial charge in [-0.3, -0.25) is 9.69 Å². The lowest BCUT2D eigenvalue weighted by Crippen LogP contribution is -2.50. The van der Waals surface area contributed by atoms with Crippen molar-refractivity contribution in [3.05, 3.63) is 0 Å². The molecule has 3 nitrogen and oxygen atoms in total. The zero-order valence-electron chi connectivity index (χ0n) is 10.2. The number of hydrogen-bond donors (Lipinski definition) is 0. The van der Waals surface area contributed by atoms with Gasteiger partial charge in [-0.1, -0.05) is 26.7 Å². The van der Waals surface area contributed by atoms with Crippen LogP contribution in [0.3, 0.4) is 0 Å². The van der Waals surface area contributed by atoms with E-state index in [1.807, 2.05) is 4.90 Å². The number of hydrogen-bond acceptors (Lipinski definition) is 2. The Hall–Kier alpha value is -0.570. The molecule has 15 heavy (non-hydrogen) atoms. The van der Waals surface area contributed by atoms with Gasteiger partial charge in [-0.05, 0) is 19.4 Å². The average Bonchev–Trinajstić information content (AvgIpc) is 2.25. The third-order valence-electron chi connectivity index (χ3n) is 3.01. The first-order valence-electron chi connectivity index (χ1n) is 6.28. The summed E-state index contributed by atoms with van der Waals surface area (Å²) in [6.07, 6.45) is 4.73. The molecule has 0 saturated carbocycles. The predicted octanol–water partition coefficient (Wildman–Crippen LogP) is 1.73. The minimum Gasteiger partial charge on any atom is -0.340 e. The van der Waals surface area contributed by atoms with Crippen molar-refractivity contribution in [2.24, 2.45) is 0 Å². The summed E-state index contributed by atoms with van der Waals surface area (Å²) in [5, 5.41) is 0. The van der Waals surface area contributed by atoms with E-state index < -0.39 is 0 Å². The Morgan fingerprint density at radius 3 is 2.33 bits per heavy atom. The molecule has 0 spiro atoms. The lowest BCUT2D eigenvalue weighted by molar-refractivity contribution is -0.136. The standard InChI is InChI=1S/C12H24N2O/c1-3-5-7-13-9-10-14(8-6-4-2)12(15)11-13/h3-11H2,1-2H3. The molecular weight excluding hydrogens is 188 g/mol. The number of carbonyl (C=O) groups excluding carboxylic acids is 1. The van der Waals surface area contributed by atoms with Crippen LogP contribution < -0.4 is 0 Å². The van der Waals surface area contributed by atoms with Crippen molar-refractivity contribution >= 4 is 5.91 Å². The maximum Gasteiger partial charge on any atom is 0.236 e. The number of carbonyl (C=O) groups is 1. The highest BCUT2D eigenvalue weighted by Gasteiger charge is 2.22. The van der Waals surface area contributed by atoms with Gasteiger partial charge in [-0.2, -0.15) is 0 Å². The molecule has 1 heterocycles. The van der Waals surface area contributed by atoms with Gasteiger partial charge in [0.15, 0.2) is 0 Å². The Labute approximate surface area is 93.4 Å². The SMILES string of the molecule is CCCCN1CCN(CCCC)C(=O)C1. The van der Waals surface area contributed by atoms with Gasteiger partial charge in [0.1, 0.15) is 0 Å². The van der Waals surface area contributed by atoms with Crippen molar-refractivity contribution in [3.8, 4) is 0 Å². The highest BCUT2D eigenvalue weighted by molar-refractivity contribution is 5.79. The van der Waals surface area contributed by atoms with E-state index in [1.54, 1.807) is 0 Å². The fourth-order valence-corrected chi connectivity index (χ4v) is 1.92. The van der Waals surface area contributed by atoms with Crippen LogP contribution in [0, 0.1) is 0 Å². The van der Waals surface area contributed by atoms with Crippen LogP contribution in [0.1, 0.15) is 39.5 Å². The van der Waals surface area contributed by atoms with Gasteiger partial charge >= 0.3 is 0 Å². The molecule has 0 aromatic heterocycles. The normalized spacial score (nSPS) is 18.5. The third-order valence-corrected chi connectivity index (χ3v) is 3.01. The van der Waals surface area contributed by atoms with Gasteiger partial charge in [0.25, 0.3) is 0 Å². The summed E-state index contributed by atoms with van der Waals surface area (Å²) >= 11 is 0. The first-order valence-corrected chi connectivity index (χ1v) is 6.28. The lowest BCUT2D eigenvalue weighted by atomic mass is 10.2. The quantitative estimate of drug-likeness (QED) is 0.669. The van der Waals surface area contributed by atoms with Crippen LogP contribution in [0.4, 0.5) is 0 Å². The highest BCUT2D eigenvalue weighted by atomic mass is 16.2. The van der Waals surface area contributed by atoms with Gasteiger partial charge in [-0.25, -0.2) is 0 Å². The number of amides is 1. The molecule has 0 aliphatic carbocycles. The summed E-state index contributed by atoms with van der Waals surface area (Å²) in [5.41, 5.74) is 0. The maximum atomic E-state index is 11.8. The first kappa shape index (κ1) is 12.5. The van der Waals surface area contributed by atoms with Gasteiger partial charge in [-0.15, -0.1) is 0 Å². The molecule has 0 bridgehead atoms. The Balaban J connectivity index is 2.24. The summed E-state index contributed by atoms with van der Waals surface area (Å²) in [5.74, 6) is 0.325. The predicted molar refractivity (Wildman–Crippen MR) is 62.8 cm³/mol. The van der Waals surface area contributed by atoms with Crippen molar-refractivity contribution in [1.29, 1.82) is 0 Å². The molecule has 0 N–H and O–H groups in total. The summed E-state index contributed by atoms with van der Waals surface area (Å²) in [6.45, 7) is 9.05. The Morgan fingerprint density at radius 2 is 1.73 bits per heavy atom. The molecule has 1 rings (SSSR count). The van der Waals surface area contributed by atoms with Crippen LogP contribution in [0.25, 0.3) is 0 Å². The average molecular weight is 212 g/mol. The number of nitrogens with zero attached hydrogens (tertiary/aromatic N) is 2. The summed E-state index contributed by atoms with van der Waals surface area (Å²) in [4.78, 5) is 16.1. The fourth-order valence-electron chi connectivity index (χ4n) is 1.92. The topological polar surface area (TPSA) is 23.6 Å². The molecule has 1 amide bonds. The van der Waals surface area contributed by atoms with E-state index >= 15 is 0 Å². The molecule has 0 aromatic rings. The summed E-state index contributed by atoms with van der Waals surface area (Å²) < 4.78 is 0. The summed E-state index contributed by atoms with van der Waals surface area (Å²) in [6, 6.07) is 0. The van der Waals surface area contributed by atoms with Gasteiger partial charge in [0.05, 0.1) is 6.54 Å². The van der Waals surface area contributed by atoms with Crippen molar-refractivity contribution in [2.45, 2.75) is 39.5 Å². The third kappa shape index (κ3) is 4.20. The highest BCUT2D eigenvalue weighted by Crippen LogP contribution is 2.06. The van der Waals surface area contributed by atoms with Crippen molar-refractivity contribution in [2.75, 3.05) is 32.7 Å². The van der Waals surface area contributed by atoms with Crippen LogP contribution >= 0.6 is 0 Å². The maximum absolute atomic E-state index is 11.8. The van der Waals surface area contributed by atoms with Crippen LogP contribution in [-0.4, -0.2) is 48.4 Å². The zero-order chi connectivity index (χ0) is 11.1. The van der Waals surface area contributed by atoms with Crippen LogP contribution in [-0.2, 0) is 4.79 Å². The van der Waals surface area contributed by atoms with Crippen molar-refractivity contribution in [1.82, 2.24) is 9.80 Å². The molecule has 0 aromatic carbocycles. The van der Waals surface area contributed by atoms with E-state index in [-0.39, 0.29) is 0 Å². The molecule has 1 aliphatic heterocycles. The van der Waals surface area contributed by atoms with Gasteiger partial charge in [0, 0.05) is 19.6 Å². The lowest BCUT2D eigenvalue weighted by Gasteiger charge is -2.34. The Bertz CT molecular complexity index is 194. The van der Waals surface area contributed by atoms with Gasteiger partial charge in [0.2, 0.25) is 5.91 Å². The molecular formula is C12H24N2O. The molecule has 1 saturated heterocycles. The van der Waals surface area contributed by atoms with Crippen molar-refractivity contribution < 1.29 is 4.79 Å². The van der Waals surface area contributed by atoms with Crippen LogP contribution in [0.5, 0.6) is 0 Å². The van der Waals surface area contributed by atoms with E-state index in [0.29, 0.717) is 12.5 Å². The second kappa shape index (κ2) is 6.83. The first-order chi connectivity index (χ1) is 7.27. The molecule has 1 fully saturated rings. The van der Waals surface area contributed by atoms with Crippen LogP contribution in [0.2, 0.25) is 0 Å². The van der Waals surface area contributed by atoms with E-state index in [2.05, 4.69) is 18.7 Å². The molecule has 0 radical (unpaired) electrons. The minimum absolute atomic E-state index is 0.325. The molecule has 3 heteroatoms. The van der Waals surface area contributed by atoms with Crippen LogP contribution in [0.15, 0.2) is 0 Å². The van der Waals surface area contributed by atoms with Crippen molar-refractivity contribution in [3.63, 3.8) is 0 Å². The monoisotopic (exact) mass is 212 g/mol. The minimum atomic E-state index is 0.325. The summed E-state index contributed by atoms with van der Waals surface area (Å²) in [7, 11) is 0. The number of piperazine rings is 1. The number of rotatable bonds is 6. The van der Waals surface area contributed by atoms with E-state index in [0.717, 1.165) is 32.6 Å². The molecule has 88 valence electrons. The largest absolute Gasteiger partial charge is 0.340 e. The van der Waals surface area contributed by atoms with E-state index in [4.69, 9.17) is 0 Å². The fraction of sp³-hybridized carbons (Fsp3) is 0.917. The molecule has 1 aliphatic rings. The Kier molecular flexibility index (Phi) is 5.69. The van der Waals surface area contributed by atoms with E-state index in [9.17, 15) is 4.79 Å². The molecule has 0 unspecified atom stereocenters. The van der Waals surface area contributed by atoms with E-state index in [1.165, 1.54) is 19.3 Å². The second-order valence-electron chi connectivity index (χ2n) is 4.36.